The minimum absolute atomic E-state index is 0.0884. The maximum atomic E-state index is 12.0. The van der Waals surface area contributed by atoms with Crippen molar-refractivity contribution >= 4 is 5.91 Å². The zero-order chi connectivity index (χ0) is 13.1. The highest BCUT2D eigenvalue weighted by Crippen LogP contribution is 2.22. The molecule has 98 valence electrons. The molecular weight excluding hydrogens is 228 g/mol. The number of aryl methyl sites for hydroxylation is 1. The Kier molecular flexibility index (Phi) is 3.87. The minimum Gasteiger partial charge on any atom is -0.496 e. The van der Waals surface area contributed by atoms with Gasteiger partial charge < -0.3 is 15.0 Å². The maximum Gasteiger partial charge on any atom is 0.239 e. The summed E-state index contributed by atoms with van der Waals surface area (Å²) < 4.78 is 5.35. The number of carbonyl (C=O) groups excluding carboxylic acids is 1. The number of methoxy groups -OCH3 is 1. The molecule has 4 heteroatoms. The Morgan fingerprint density at radius 3 is 3.00 bits per heavy atom. The lowest BCUT2D eigenvalue weighted by Crippen LogP contribution is -2.53. The van der Waals surface area contributed by atoms with Gasteiger partial charge in [-0.05, 0) is 19.9 Å². The normalized spacial score (nSPS) is 20.1. The van der Waals surface area contributed by atoms with E-state index in [-0.39, 0.29) is 11.9 Å². The predicted octanol–water partition coefficient (Wildman–Crippen LogP) is 1.32. The molecule has 1 N–H and O–H groups in total. The molecule has 1 fully saturated rings. The van der Waals surface area contributed by atoms with Gasteiger partial charge in [0.1, 0.15) is 5.75 Å². The van der Waals surface area contributed by atoms with E-state index in [4.69, 9.17) is 4.74 Å². The topological polar surface area (TPSA) is 41.6 Å². The van der Waals surface area contributed by atoms with Crippen LogP contribution in [-0.4, -0.2) is 37.0 Å². The van der Waals surface area contributed by atoms with Crippen molar-refractivity contribution in [2.75, 3.05) is 20.2 Å². The summed E-state index contributed by atoms with van der Waals surface area (Å²) in [6.07, 6.45) is 0. The van der Waals surface area contributed by atoms with Crippen molar-refractivity contribution in [3.05, 3.63) is 29.3 Å². The van der Waals surface area contributed by atoms with Crippen LogP contribution in [0.25, 0.3) is 0 Å². The number of carbonyl (C=O) groups is 1. The van der Waals surface area contributed by atoms with Crippen LogP contribution in [0.15, 0.2) is 18.2 Å². The van der Waals surface area contributed by atoms with Gasteiger partial charge in [0.15, 0.2) is 0 Å². The number of nitrogens with zero attached hydrogens (tertiary/aromatic N) is 1. The number of hydrogen-bond donors (Lipinski definition) is 1. The number of amides is 1. The van der Waals surface area contributed by atoms with Gasteiger partial charge in [0.25, 0.3) is 0 Å². The van der Waals surface area contributed by atoms with Crippen molar-refractivity contribution in [2.45, 2.75) is 26.4 Å². The molecule has 4 nitrogen and oxygen atoms in total. The zero-order valence-corrected chi connectivity index (χ0v) is 11.2. The van der Waals surface area contributed by atoms with E-state index < -0.39 is 0 Å². The third-order valence-corrected chi connectivity index (χ3v) is 3.31. The summed E-state index contributed by atoms with van der Waals surface area (Å²) in [6.45, 7) is 6.17. The molecule has 1 amide bonds. The van der Waals surface area contributed by atoms with Crippen LogP contribution in [0.2, 0.25) is 0 Å². The van der Waals surface area contributed by atoms with Crippen molar-refractivity contribution in [1.82, 2.24) is 10.2 Å². The molecule has 1 atom stereocenters. The van der Waals surface area contributed by atoms with Gasteiger partial charge in [-0.1, -0.05) is 17.7 Å². The first-order valence-electron chi connectivity index (χ1n) is 6.27. The van der Waals surface area contributed by atoms with Crippen LogP contribution in [0.4, 0.5) is 0 Å². The largest absolute Gasteiger partial charge is 0.496 e. The Morgan fingerprint density at radius 2 is 2.28 bits per heavy atom. The van der Waals surface area contributed by atoms with E-state index in [1.165, 1.54) is 5.56 Å². The van der Waals surface area contributed by atoms with Crippen LogP contribution < -0.4 is 10.1 Å². The summed E-state index contributed by atoms with van der Waals surface area (Å²) in [4.78, 5) is 13.9. The molecule has 0 radical (unpaired) electrons. The van der Waals surface area contributed by atoms with Crippen LogP contribution in [0.3, 0.4) is 0 Å². The van der Waals surface area contributed by atoms with Crippen LogP contribution in [0.1, 0.15) is 18.1 Å². The van der Waals surface area contributed by atoms with Gasteiger partial charge in [0.2, 0.25) is 5.91 Å². The molecule has 1 aliphatic rings. The molecule has 2 rings (SSSR count). The van der Waals surface area contributed by atoms with Crippen molar-refractivity contribution < 1.29 is 9.53 Å². The molecule has 1 unspecified atom stereocenters. The number of nitrogens with one attached hydrogen (secondary N) is 1. The van der Waals surface area contributed by atoms with E-state index in [2.05, 4.69) is 11.4 Å². The van der Waals surface area contributed by atoms with Crippen LogP contribution in [0.5, 0.6) is 5.75 Å². The Hall–Kier alpha value is -1.55. The van der Waals surface area contributed by atoms with Crippen molar-refractivity contribution in [2.24, 2.45) is 0 Å². The molecule has 1 aromatic carbocycles. The number of benzene rings is 1. The monoisotopic (exact) mass is 248 g/mol. The third-order valence-electron chi connectivity index (χ3n) is 3.31. The molecule has 0 bridgehead atoms. The van der Waals surface area contributed by atoms with Crippen molar-refractivity contribution in [3.63, 3.8) is 0 Å². The van der Waals surface area contributed by atoms with Gasteiger partial charge in [-0.15, -0.1) is 0 Å². The van der Waals surface area contributed by atoms with E-state index in [1.54, 1.807) is 7.11 Å². The molecule has 0 saturated carbocycles. The fourth-order valence-corrected chi connectivity index (χ4v) is 2.28. The SMILES string of the molecule is COc1ccc(C)cc1CN1CCNC(C)C1=O. The van der Waals surface area contributed by atoms with Crippen molar-refractivity contribution in [1.29, 1.82) is 0 Å². The smallest absolute Gasteiger partial charge is 0.239 e. The van der Waals surface area contributed by atoms with Gasteiger partial charge in [-0.2, -0.15) is 0 Å². The molecule has 0 spiro atoms. The third kappa shape index (κ3) is 2.64. The number of ether oxygens (including phenoxy) is 1. The van der Waals surface area contributed by atoms with E-state index in [0.717, 1.165) is 24.4 Å². The fraction of sp³-hybridized carbons (Fsp3) is 0.500. The second kappa shape index (κ2) is 5.40. The minimum atomic E-state index is -0.0884. The van der Waals surface area contributed by atoms with E-state index >= 15 is 0 Å². The molecule has 1 heterocycles. The average Bonchev–Trinajstić information content (AvgIpc) is 2.35. The van der Waals surface area contributed by atoms with Gasteiger partial charge in [-0.25, -0.2) is 0 Å². The Morgan fingerprint density at radius 1 is 1.50 bits per heavy atom. The van der Waals surface area contributed by atoms with Gasteiger partial charge in [-0.3, -0.25) is 4.79 Å². The zero-order valence-electron chi connectivity index (χ0n) is 11.2. The van der Waals surface area contributed by atoms with E-state index in [1.807, 2.05) is 30.9 Å². The molecule has 18 heavy (non-hydrogen) atoms. The summed E-state index contributed by atoms with van der Waals surface area (Å²) in [5.41, 5.74) is 2.25. The maximum absolute atomic E-state index is 12.0. The Labute approximate surface area is 108 Å². The highest BCUT2D eigenvalue weighted by atomic mass is 16.5. The second-order valence-electron chi connectivity index (χ2n) is 4.75. The lowest BCUT2D eigenvalue weighted by Gasteiger charge is -2.32. The van der Waals surface area contributed by atoms with Crippen LogP contribution in [0, 0.1) is 6.92 Å². The first kappa shape index (κ1) is 12.9. The summed E-state index contributed by atoms with van der Waals surface area (Å²) in [5, 5.41) is 3.17. The first-order chi connectivity index (χ1) is 8.61. The van der Waals surface area contributed by atoms with Gasteiger partial charge in [0.05, 0.1) is 13.2 Å². The van der Waals surface area contributed by atoms with Gasteiger partial charge >= 0.3 is 0 Å². The standard InChI is InChI=1S/C14H20N2O2/c1-10-4-5-13(18-3)12(8-10)9-16-7-6-15-11(2)14(16)17/h4-5,8,11,15H,6-7,9H2,1-3H3. The summed E-state index contributed by atoms with van der Waals surface area (Å²) in [5.74, 6) is 1.00. The van der Waals surface area contributed by atoms with Gasteiger partial charge in [0, 0.05) is 25.2 Å². The second-order valence-corrected chi connectivity index (χ2v) is 4.75. The number of rotatable bonds is 3. The lowest BCUT2D eigenvalue weighted by molar-refractivity contribution is -0.135. The first-order valence-corrected chi connectivity index (χ1v) is 6.27. The fourth-order valence-electron chi connectivity index (χ4n) is 2.28. The number of piperazine rings is 1. The van der Waals surface area contributed by atoms with Crippen LogP contribution >= 0.6 is 0 Å². The lowest BCUT2D eigenvalue weighted by atomic mass is 10.1. The number of hydrogen-bond acceptors (Lipinski definition) is 3. The molecule has 1 aliphatic heterocycles. The van der Waals surface area contributed by atoms with E-state index in [0.29, 0.717) is 6.54 Å². The Bertz CT molecular complexity index is 445. The molecule has 0 aromatic heterocycles. The summed E-state index contributed by atoms with van der Waals surface area (Å²) in [7, 11) is 1.66. The molecular formula is C14H20N2O2. The van der Waals surface area contributed by atoms with Crippen molar-refractivity contribution in [3.8, 4) is 5.75 Å². The average molecular weight is 248 g/mol. The highest BCUT2D eigenvalue weighted by molar-refractivity contribution is 5.82. The predicted molar refractivity (Wildman–Crippen MR) is 70.6 cm³/mol. The summed E-state index contributed by atoms with van der Waals surface area (Å²) >= 11 is 0. The molecule has 1 saturated heterocycles. The van der Waals surface area contributed by atoms with Crippen LogP contribution in [-0.2, 0) is 11.3 Å². The highest BCUT2D eigenvalue weighted by Gasteiger charge is 2.25. The summed E-state index contributed by atoms with van der Waals surface area (Å²) in [6, 6.07) is 5.97. The molecule has 0 aliphatic carbocycles. The molecule has 1 aromatic rings. The Balaban J connectivity index is 2.17. The van der Waals surface area contributed by atoms with E-state index in [9.17, 15) is 4.79 Å². The quantitative estimate of drug-likeness (QED) is 0.877.